The van der Waals surface area contributed by atoms with Crippen LogP contribution in [0.25, 0.3) is 21.5 Å². The summed E-state index contributed by atoms with van der Waals surface area (Å²) in [5.74, 6) is -2.86. The summed E-state index contributed by atoms with van der Waals surface area (Å²) in [6.07, 6.45) is 5.77. The molecule has 4 aromatic carbocycles. The molecule has 13 heteroatoms. The van der Waals surface area contributed by atoms with Crippen LogP contribution in [0.4, 0.5) is 0 Å². The van der Waals surface area contributed by atoms with E-state index in [1.807, 2.05) is 12.1 Å². The van der Waals surface area contributed by atoms with Gasteiger partial charge in [-0.3, -0.25) is 14.5 Å². The predicted molar refractivity (Wildman–Crippen MR) is 214 cm³/mol. The minimum atomic E-state index is -1.67. The van der Waals surface area contributed by atoms with E-state index in [4.69, 9.17) is 28.4 Å². The lowest BCUT2D eigenvalue weighted by molar-refractivity contribution is -0.140. The Morgan fingerprint density at radius 2 is 0.897 bits per heavy atom. The molecular formula is C45H47NO12. The molecule has 0 N–H and O–H groups in total. The quantitative estimate of drug-likeness (QED) is 0.0262. The molecule has 0 spiro atoms. The highest BCUT2D eigenvalue weighted by Crippen LogP contribution is 2.27. The smallest absolute Gasteiger partial charge is 0.339 e. The normalized spacial score (nSPS) is 14.9. The molecule has 13 nitrogen and oxygen atoms in total. The van der Waals surface area contributed by atoms with Crippen LogP contribution >= 0.6 is 0 Å². The van der Waals surface area contributed by atoms with Crippen molar-refractivity contribution in [1.29, 1.82) is 0 Å². The molecule has 0 bridgehead atoms. The monoisotopic (exact) mass is 793 g/mol. The highest BCUT2D eigenvalue weighted by Gasteiger charge is 2.51. The fourth-order valence-corrected chi connectivity index (χ4v) is 6.18. The SMILES string of the molecule is C=CC(=O)OCCCCCCOc1ccc2cc(C(=O)O[C@@H]3C(=O)N(C)C(=O)[C@H]3OC(=O)c3ccc4cc(OCCCCCCOC(=O)C=C)ccc4c3)ccc2c1. The van der Waals surface area contributed by atoms with Crippen LogP contribution in [0.5, 0.6) is 11.5 Å². The molecule has 5 rings (SSSR count). The first-order valence-corrected chi connectivity index (χ1v) is 19.2. The highest BCUT2D eigenvalue weighted by atomic mass is 16.6. The number of amides is 2. The zero-order valence-corrected chi connectivity index (χ0v) is 32.5. The standard InChI is InChI=1S/C45H47NO12/c1-4-38(47)55-24-12-8-6-10-22-53-36-20-18-30-26-34(16-14-32(30)28-36)44(51)57-40-41(43(50)46(3)42(40)49)58-45(52)35-17-15-33-29-37(21-19-31(33)27-35)54-23-11-7-9-13-25-56-39(48)5-2/h4-5,14-21,26-29,40-41H,1-2,6-13,22-25H2,3H3/t40-,41-/m0/s1. The third-order valence-corrected chi connectivity index (χ3v) is 9.42. The number of nitrogens with zero attached hydrogens (tertiary/aromatic N) is 1. The number of hydrogen-bond acceptors (Lipinski definition) is 12. The molecule has 58 heavy (non-hydrogen) atoms. The van der Waals surface area contributed by atoms with E-state index in [0.29, 0.717) is 37.9 Å². The van der Waals surface area contributed by atoms with Crippen molar-refractivity contribution in [2.45, 2.75) is 63.6 Å². The lowest BCUT2D eigenvalue weighted by Gasteiger charge is -2.17. The van der Waals surface area contributed by atoms with Crippen molar-refractivity contribution < 1.29 is 57.2 Å². The van der Waals surface area contributed by atoms with Crippen molar-refractivity contribution in [2.75, 3.05) is 33.5 Å². The van der Waals surface area contributed by atoms with Crippen molar-refractivity contribution in [2.24, 2.45) is 0 Å². The van der Waals surface area contributed by atoms with Gasteiger partial charge < -0.3 is 28.4 Å². The van der Waals surface area contributed by atoms with E-state index < -0.39 is 47.9 Å². The second-order valence-corrected chi connectivity index (χ2v) is 13.6. The first-order valence-electron chi connectivity index (χ1n) is 19.2. The van der Waals surface area contributed by atoms with Gasteiger partial charge in [0.15, 0.2) is 0 Å². The number of imide groups is 1. The van der Waals surface area contributed by atoms with Gasteiger partial charge in [-0.05, 0) is 121 Å². The Balaban J connectivity index is 1.11. The van der Waals surface area contributed by atoms with Crippen LogP contribution in [0.15, 0.2) is 98.1 Å². The largest absolute Gasteiger partial charge is 0.494 e. The number of rotatable bonds is 22. The summed E-state index contributed by atoms with van der Waals surface area (Å²) >= 11 is 0. The lowest BCUT2D eigenvalue weighted by Crippen LogP contribution is -2.37. The van der Waals surface area contributed by atoms with Crippen LogP contribution in [-0.2, 0) is 38.1 Å². The maximum Gasteiger partial charge on any atom is 0.339 e. The van der Waals surface area contributed by atoms with Gasteiger partial charge in [-0.15, -0.1) is 0 Å². The van der Waals surface area contributed by atoms with Gasteiger partial charge in [0, 0.05) is 19.2 Å². The predicted octanol–water partition coefficient (Wildman–Crippen LogP) is 7.08. The summed E-state index contributed by atoms with van der Waals surface area (Å²) < 4.78 is 32.8. The number of likely N-dealkylation sites (tertiary alicyclic amines) is 1. The molecule has 1 fully saturated rings. The van der Waals surface area contributed by atoms with Crippen LogP contribution in [0.3, 0.4) is 0 Å². The molecular weight excluding hydrogens is 746 g/mol. The third-order valence-electron chi connectivity index (χ3n) is 9.42. The number of esters is 4. The fraction of sp³-hybridized carbons (Fsp3) is 0.333. The fourth-order valence-electron chi connectivity index (χ4n) is 6.18. The van der Waals surface area contributed by atoms with Crippen molar-refractivity contribution in [3.8, 4) is 11.5 Å². The molecule has 0 unspecified atom stereocenters. The summed E-state index contributed by atoms with van der Waals surface area (Å²) in [5, 5.41) is 3.06. The van der Waals surface area contributed by atoms with Crippen molar-refractivity contribution in [3.05, 3.63) is 109 Å². The summed E-state index contributed by atoms with van der Waals surface area (Å²) in [5.41, 5.74) is 0.280. The van der Waals surface area contributed by atoms with Gasteiger partial charge in [0.25, 0.3) is 11.8 Å². The number of ether oxygens (including phenoxy) is 6. The van der Waals surface area contributed by atoms with Crippen LogP contribution < -0.4 is 9.47 Å². The minimum Gasteiger partial charge on any atom is -0.494 e. The molecule has 2 atom stereocenters. The van der Waals surface area contributed by atoms with Crippen LogP contribution in [0.1, 0.15) is 72.1 Å². The Bertz CT molecular complexity index is 2010. The van der Waals surface area contributed by atoms with E-state index in [2.05, 4.69) is 13.2 Å². The summed E-state index contributed by atoms with van der Waals surface area (Å²) in [6, 6.07) is 20.6. The Morgan fingerprint density at radius 1 is 0.534 bits per heavy atom. The molecule has 0 aromatic heterocycles. The number of unbranched alkanes of at least 4 members (excludes halogenated alkanes) is 6. The molecule has 1 aliphatic rings. The topological polar surface area (TPSA) is 161 Å². The van der Waals surface area contributed by atoms with Crippen LogP contribution in [0.2, 0.25) is 0 Å². The number of carbonyl (C=O) groups is 6. The first-order chi connectivity index (χ1) is 28.1. The molecule has 0 saturated carbocycles. The highest BCUT2D eigenvalue weighted by molar-refractivity contribution is 6.10. The average molecular weight is 794 g/mol. The summed E-state index contributed by atoms with van der Waals surface area (Å²) in [7, 11) is 1.23. The van der Waals surface area contributed by atoms with E-state index in [9.17, 15) is 28.8 Å². The van der Waals surface area contributed by atoms with Crippen LogP contribution in [0, 0.1) is 0 Å². The third kappa shape index (κ3) is 11.8. The van der Waals surface area contributed by atoms with Gasteiger partial charge in [-0.2, -0.15) is 0 Å². The van der Waals surface area contributed by atoms with Gasteiger partial charge in [0.05, 0.1) is 37.6 Å². The van der Waals surface area contributed by atoms with E-state index in [-0.39, 0.29) is 11.1 Å². The molecule has 0 aliphatic carbocycles. The maximum atomic E-state index is 13.3. The van der Waals surface area contributed by atoms with E-state index in [1.54, 1.807) is 60.7 Å². The maximum absolute atomic E-state index is 13.3. The summed E-state index contributed by atoms with van der Waals surface area (Å²) in [6.45, 7) is 8.48. The van der Waals surface area contributed by atoms with Crippen molar-refractivity contribution >= 4 is 57.2 Å². The number of carbonyl (C=O) groups excluding carboxylic acids is 6. The number of fused-ring (bicyclic) bond motifs is 2. The molecule has 1 saturated heterocycles. The molecule has 304 valence electrons. The molecule has 0 radical (unpaired) electrons. The second-order valence-electron chi connectivity index (χ2n) is 13.6. The lowest BCUT2D eigenvalue weighted by atomic mass is 10.1. The molecule has 1 heterocycles. The van der Waals surface area contributed by atoms with Crippen molar-refractivity contribution in [3.63, 3.8) is 0 Å². The zero-order chi connectivity index (χ0) is 41.4. The Kier molecular flexibility index (Phi) is 15.5. The van der Waals surface area contributed by atoms with Gasteiger partial charge >= 0.3 is 23.9 Å². The van der Waals surface area contributed by atoms with E-state index >= 15 is 0 Å². The van der Waals surface area contributed by atoms with E-state index in [1.165, 1.54) is 7.05 Å². The second kappa shape index (κ2) is 21.1. The minimum absolute atomic E-state index is 0.140. The zero-order valence-electron chi connectivity index (χ0n) is 32.5. The number of benzene rings is 4. The van der Waals surface area contributed by atoms with Gasteiger partial charge in [-0.1, -0.05) is 37.4 Å². The van der Waals surface area contributed by atoms with Crippen molar-refractivity contribution in [1.82, 2.24) is 4.90 Å². The average Bonchev–Trinajstić information content (AvgIpc) is 3.43. The summed E-state index contributed by atoms with van der Waals surface area (Å²) in [4.78, 5) is 75.6. The molecule has 2 amide bonds. The van der Waals surface area contributed by atoms with Gasteiger partial charge in [0.2, 0.25) is 12.2 Å². The van der Waals surface area contributed by atoms with Gasteiger partial charge in [-0.25, -0.2) is 19.2 Å². The number of likely N-dealkylation sites (N-methyl/N-ethyl adjacent to an activating group) is 1. The Hall–Kier alpha value is -6.50. The van der Waals surface area contributed by atoms with Gasteiger partial charge in [0.1, 0.15) is 11.5 Å². The van der Waals surface area contributed by atoms with Crippen LogP contribution in [-0.4, -0.2) is 86.3 Å². The Labute approximate surface area is 336 Å². The first kappa shape index (κ1) is 42.6. The Morgan fingerprint density at radius 3 is 1.29 bits per heavy atom. The molecule has 4 aromatic rings. The number of hydrogen-bond donors (Lipinski definition) is 0. The van der Waals surface area contributed by atoms with E-state index in [0.717, 1.165) is 90.0 Å². The molecule has 1 aliphatic heterocycles.